The normalized spacial score (nSPS) is 12.4. The first-order valence-corrected chi connectivity index (χ1v) is 8.16. The van der Waals surface area contributed by atoms with Crippen molar-refractivity contribution in [1.82, 2.24) is 0 Å². The van der Waals surface area contributed by atoms with Gasteiger partial charge in [0.1, 0.15) is 0 Å². The standard InChI is InChI=1S/C16H19N3OS.HI/c1-12-3-7-14(8-4-12)19-16(17)18-11-13-5-9-15(10-6-13)21(2)20;/h3-10H,11H2,1-2H3,(H3,17,18,19);1H. The number of aliphatic imine (C=N–C) groups is 1. The van der Waals surface area contributed by atoms with Crippen LogP contribution in [0.15, 0.2) is 58.4 Å². The summed E-state index contributed by atoms with van der Waals surface area (Å²) in [6.07, 6.45) is 1.66. The quantitative estimate of drug-likeness (QED) is 0.446. The third kappa shape index (κ3) is 5.76. The minimum Gasteiger partial charge on any atom is -0.370 e. The van der Waals surface area contributed by atoms with Gasteiger partial charge in [0.15, 0.2) is 5.96 Å². The van der Waals surface area contributed by atoms with Crippen molar-refractivity contribution in [2.75, 3.05) is 11.6 Å². The van der Waals surface area contributed by atoms with Crippen LogP contribution in [0.3, 0.4) is 0 Å². The van der Waals surface area contributed by atoms with Crippen LogP contribution in [0.4, 0.5) is 5.69 Å². The van der Waals surface area contributed by atoms with Crippen molar-refractivity contribution in [2.45, 2.75) is 18.4 Å². The Kier molecular flexibility index (Phi) is 7.53. The fourth-order valence-electron chi connectivity index (χ4n) is 1.79. The minimum atomic E-state index is -0.951. The maximum absolute atomic E-state index is 11.3. The highest BCUT2D eigenvalue weighted by Gasteiger charge is 1.98. The Bertz CT molecular complexity index is 654. The molecule has 0 radical (unpaired) electrons. The summed E-state index contributed by atoms with van der Waals surface area (Å²) in [6.45, 7) is 2.52. The number of halogens is 1. The van der Waals surface area contributed by atoms with Crippen molar-refractivity contribution >= 4 is 46.4 Å². The van der Waals surface area contributed by atoms with Gasteiger partial charge in [-0.1, -0.05) is 29.8 Å². The average molecular weight is 429 g/mol. The molecule has 0 spiro atoms. The van der Waals surface area contributed by atoms with Crippen LogP contribution in [0.2, 0.25) is 0 Å². The Morgan fingerprint density at radius 2 is 1.73 bits per heavy atom. The largest absolute Gasteiger partial charge is 0.370 e. The molecule has 0 saturated carbocycles. The number of nitrogens with zero attached hydrogens (tertiary/aromatic N) is 1. The minimum absolute atomic E-state index is 0. The Labute approximate surface area is 150 Å². The Morgan fingerprint density at radius 3 is 2.27 bits per heavy atom. The molecule has 0 bridgehead atoms. The predicted molar refractivity (Wildman–Crippen MR) is 104 cm³/mol. The molecule has 118 valence electrons. The molecule has 0 aromatic heterocycles. The van der Waals surface area contributed by atoms with Crippen molar-refractivity contribution in [3.05, 3.63) is 59.7 Å². The van der Waals surface area contributed by atoms with E-state index in [2.05, 4.69) is 10.3 Å². The lowest BCUT2D eigenvalue weighted by Crippen LogP contribution is -2.22. The number of anilines is 1. The summed E-state index contributed by atoms with van der Waals surface area (Å²) in [5, 5.41) is 3.05. The molecule has 0 aliphatic rings. The lowest BCUT2D eigenvalue weighted by molar-refractivity contribution is 0.687. The van der Waals surface area contributed by atoms with Gasteiger partial charge in [-0.15, -0.1) is 24.0 Å². The summed E-state index contributed by atoms with van der Waals surface area (Å²) in [6, 6.07) is 15.5. The molecule has 0 aliphatic heterocycles. The molecule has 22 heavy (non-hydrogen) atoms. The second-order valence-corrected chi connectivity index (χ2v) is 6.17. The van der Waals surface area contributed by atoms with Gasteiger partial charge in [-0.25, -0.2) is 4.99 Å². The number of nitrogens with two attached hydrogens (primary N) is 1. The van der Waals surface area contributed by atoms with Gasteiger partial charge in [0.2, 0.25) is 0 Å². The molecular weight excluding hydrogens is 409 g/mol. The van der Waals surface area contributed by atoms with E-state index in [4.69, 9.17) is 5.73 Å². The highest BCUT2D eigenvalue weighted by Crippen LogP contribution is 2.10. The summed E-state index contributed by atoms with van der Waals surface area (Å²) < 4.78 is 11.3. The monoisotopic (exact) mass is 429 g/mol. The van der Waals surface area contributed by atoms with Crippen LogP contribution in [0.5, 0.6) is 0 Å². The third-order valence-corrected chi connectivity index (χ3v) is 3.95. The second-order valence-electron chi connectivity index (χ2n) is 4.79. The van der Waals surface area contributed by atoms with Crippen LogP contribution in [0, 0.1) is 6.92 Å². The maximum atomic E-state index is 11.3. The summed E-state index contributed by atoms with van der Waals surface area (Å²) in [4.78, 5) is 5.11. The molecule has 0 aliphatic carbocycles. The lowest BCUT2D eigenvalue weighted by Gasteiger charge is -2.06. The highest BCUT2D eigenvalue weighted by atomic mass is 127. The SMILES string of the molecule is Cc1ccc(NC(N)=NCc2ccc(S(C)=O)cc2)cc1.I. The zero-order valence-electron chi connectivity index (χ0n) is 12.6. The van der Waals surface area contributed by atoms with Gasteiger partial charge in [0.25, 0.3) is 0 Å². The smallest absolute Gasteiger partial charge is 0.193 e. The number of rotatable bonds is 4. The van der Waals surface area contributed by atoms with E-state index < -0.39 is 10.8 Å². The van der Waals surface area contributed by atoms with E-state index in [0.717, 1.165) is 16.1 Å². The molecule has 2 rings (SSSR count). The third-order valence-electron chi connectivity index (χ3n) is 3.01. The van der Waals surface area contributed by atoms with Crippen molar-refractivity contribution in [3.63, 3.8) is 0 Å². The van der Waals surface area contributed by atoms with Crippen LogP contribution in [0.25, 0.3) is 0 Å². The Balaban J connectivity index is 0.00000242. The molecule has 0 amide bonds. The van der Waals surface area contributed by atoms with Crippen LogP contribution in [0.1, 0.15) is 11.1 Å². The summed E-state index contributed by atoms with van der Waals surface area (Å²) >= 11 is 0. The first-order chi connectivity index (χ1) is 10.0. The summed E-state index contributed by atoms with van der Waals surface area (Å²) in [5.41, 5.74) is 9.00. The average Bonchev–Trinajstić information content (AvgIpc) is 2.48. The van der Waals surface area contributed by atoms with E-state index in [-0.39, 0.29) is 24.0 Å². The van der Waals surface area contributed by atoms with Crippen molar-refractivity contribution in [2.24, 2.45) is 10.7 Å². The molecule has 2 aromatic rings. The maximum Gasteiger partial charge on any atom is 0.193 e. The molecule has 0 fully saturated rings. The van der Waals surface area contributed by atoms with E-state index >= 15 is 0 Å². The number of benzene rings is 2. The van der Waals surface area contributed by atoms with Gasteiger partial charge in [0.05, 0.1) is 6.54 Å². The van der Waals surface area contributed by atoms with Gasteiger partial charge in [-0.05, 0) is 36.8 Å². The number of aryl methyl sites for hydroxylation is 1. The van der Waals surface area contributed by atoms with Crippen molar-refractivity contribution < 1.29 is 4.21 Å². The Hall–Kier alpha value is -1.41. The second kappa shape index (κ2) is 8.89. The van der Waals surface area contributed by atoms with Gasteiger partial charge in [-0.2, -0.15) is 0 Å². The molecule has 3 N–H and O–H groups in total. The number of hydrogen-bond acceptors (Lipinski definition) is 2. The fourth-order valence-corrected chi connectivity index (χ4v) is 2.31. The van der Waals surface area contributed by atoms with E-state index in [1.807, 2.05) is 55.5 Å². The van der Waals surface area contributed by atoms with Crippen molar-refractivity contribution in [1.29, 1.82) is 0 Å². The molecular formula is C16H20IN3OS. The van der Waals surface area contributed by atoms with Crippen LogP contribution < -0.4 is 11.1 Å². The van der Waals surface area contributed by atoms with E-state index in [0.29, 0.717) is 12.5 Å². The molecule has 1 atom stereocenters. The van der Waals surface area contributed by atoms with Gasteiger partial charge >= 0.3 is 0 Å². The van der Waals surface area contributed by atoms with Gasteiger partial charge in [-0.3, -0.25) is 4.21 Å². The summed E-state index contributed by atoms with van der Waals surface area (Å²) in [5.74, 6) is 0.377. The fraction of sp³-hybridized carbons (Fsp3) is 0.188. The first kappa shape index (κ1) is 18.6. The van der Waals surface area contributed by atoms with E-state index in [1.54, 1.807) is 6.26 Å². The number of nitrogens with one attached hydrogen (secondary N) is 1. The molecule has 1 unspecified atom stereocenters. The summed E-state index contributed by atoms with van der Waals surface area (Å²) in [7, 11) is -0.951. The molecule has 4 nitrogen and oxygen atoms in total. The first-order valence-electron chi connectivity index (χ1n) is 6.60. The van der Waals surface area contributed by atoms with Crippen LogP contribution >= 0.6 is 24.0 Å². The predicted octanol–water partition coefficient (Wildman–Crippen LogP) is 3.28. The van der Waals surface area contributed by atoms with E-state index in [9.17, 15) is 4.21 Å². The van der Waals surface area contributed by atoms with E-state index in [1.165, 1.54) is 5.56 Å². The lowest BCUT2D eigenvalue weighted by atomic mass is 10.2. The molecule has 0 saturated heterocycles. The van der Waals surface area contributed by atoms with Crippen molar-refractivity contribution in [3.8, 4) is 0 Å². The zero-order chi connectivity index (χ0) is 15.2. The zero-order valence-corrected chi connectivity index (χ0v) is 15.7. The molecule has 6 heteroatoms. The Morgan fingerprint density at radius 1 is 1.14 bits per heavy atom. The molecule has 2 aromatic carbocycles. The number of hydrogen-bond donors (Lipinski definition) is 2. The highest BCUT2D eigenvalue weighted by molar-refractivity contribution is 14.0. The molecule has 0 heterocycles. The van der Waals surface area contributed by atoms with Gasteiger partial charge in [0, 0.05) is 27.6 Å². The van der Waals surface area contributed by atoms with Crippen LogP contribution in [-0.2, 0) is 17.3 Å². The number of guanidine groups is 1. The van der Waals surface area contributed by atoms with Gasteiger partial charge < -0.3 is 11.1 Å². The van der Waals surface area contributed by atoms with Crippen LogP contribution in [-0.4, -0.2) is 16.4 Å². The topological polar surface area (TPSA) is 67.5 Å².